The van der Waals surface area contributed by atoms with Crippen molar-refractivity contribution >= 4 is 11.4 Å². The van der Waals surface area contributed by atoms with E-state index in [0.717, 1.165) is 42.4 Å². The Labute approximate surface area is 190 Å². The number of anilines is 1. The Morgan fingerprint density at radius 2 is 1.28 bits per heavy atom. The van der Waals surface area contributed by atoms with Crippen molar-refractivity contribution in [1.29, 1.82) is 0 Å². The first-order valence-corrected chi connectivity index (χ1v) is 10.7. The maximum Gasteiger partial charge on any atom is 0.269 e. The Kier molecular flexibility index (Phi) is 10.1. The van der Waals surface area contributed by atoms with Gasteiger partial charge in [0.15, 0.2) is 0 Å². The lowest BCUT2D eigenvalue weighted by Gasteiger charge is -1.98. The number of non-ortho nitro benzene ring substituents is 1. The zero-order valence-electron chi connectivity index (χ0n) is 18.6. The summed E-state index contributed by atoms with van der Waals surface area (Å²) in [5.41, 5.74) is 9.74. The first kappa shape index (κ1) is 24.3. The molecule has 0 saturated heterocycles. The van der Waals surface area contributed by atoms with Crippen molar-refractivity contribution in [2.45, 2.75) is 39.5 Å². The Morgan fingerprint density at radius 1 is 0.844 bits per heavy atom. The van der Waals surface area contributed by atoms with Crippen LogP contribution in [0.5, 0.6) is 0 Å². The van der Waals surface area contributed by atoms with Gasteiger partial charge in [-0.2, -0.15) is 0 Å². The average Bonchev–Trinajstić information content (AvgIpc) is 2.80. The molecule has 2 rings (SSSR count). The number of nitro groups is 1. The second kappa shape index (κ2) is 13.3. The second-order valence-corrected chi connectivity index (χ2v) is 7.14. The number of unbranched alkanes of at least 4 members (excludes halogenated alkanes) is 2. The molecule has 0 spiro atoms. The molecule has 2 N–H and O–H groups in total. The first-order chi connectivity index (χ1) is 15.5. The molecule has 4 heteroatoms. The molecule has 0 aliphatic rings. The van der Waals surface area contributed by atoms with E-state index in [4.69, 9.17) is 5.73 Å². The standard InChI is InChI=1S/C28H28N2O2/c1-3-5-7-9-25(17-11-23-13-19-27(29)20-14-23)26(10-8-6-4-2)18-12-24-15-21-28(22-16-24)30(31)32/h7-10,13-16,19-22H,3-6,29H2,1-2H3/b9-7+,10-8+,26-25+. The Morgan fingerprint density at radius 3 is 1.69 bits per heavy atom. The maximum absolute atomic E-state index is 10.9. The maximum atomic E-state index is 10.9. The summed E-state index contributed by atoms with van der Waals surface area (Å²) in [6, 6.07) is 13.7. The molecule has 0 heterocycles. The van der Waals surface area contributed by atoms with Gasteiger partial charge in [0, 0.05) is 40.1 Å². The fourth-order valence-electron chi connectivity index (χ4n) is 2.65. The largest absolute Gasteiger partial charge is 0.399 e. The van der Waals surface area contributed by atoms with Crippen LogP contribution in [0.2, 0.25) is 0 Å². The summed E-state index contributed by atoms with van der Waals surface area (Å²) in [5, 5.41) is 10.9. The molecule has 2 aromatic rings. The van der Waals surface area contributed by atoms with E-state index in [0.29, 0.717) is 11.3 Å². The molecule has 0 aliphatic heterocycles. The van der Waals surface area contributed by atoms with Gasteiger partial charge in [0.05, 0.1) is 4.92 Å². The lowest BCUT2D eigenvalue weighted by molar-refractivity contribution is -0.384. The van der Waals surface area contributed by atoms with Crippen molar-refractivity contribution in [3.05, 3.63) is 105 Å². The molecule has 0 bridgehead atoms. The number of hydrogen-bond donors (Lipinski definition) is 1. The van der Waals surface area contributed by atoms with Crippen LogP contribution in [0.1, 0.15) is 50.7 Å². The predicted octanol–water partition coefficient (Wildman–Crippen LogP) is 6.59. The number of nitrogens with zero attached hydrogens (tertiary/aromatic N) is 1. The third-order valence-corrected chi connectivity index (χ3v) is 4.44. The van der Waals surface area contributed by atoms with Gasteiger partial charge in [-0.3, -0.25) is 10.1 Å². The molecular formula is C28H28N2O2. The minimum absolute atomic E-state index is 0.0479. The van der Waals surface area contributed by atoms with Gasteiger partial charge < -0.3 is 5.73 Å². The molecule has 2 aromatic carbocycles. The third-order valence-electron chi connectivity index (χ3n) is 4.44. The molecule has 0 aromatic heterocycles. The summed E-state index contributed by atoms with van der Waals surface area (Å²) >= 11 is 0. The van der Waals surface area contributed by atoms with Crippen molar-refractivity contribution in [2.75, 3.05) is 5.73 Å². The number of nitrogen functional groups attached to an aromatic ring is 1. The second-order valence-electron chi connectivity index (χ2n) is 7.14. The van der Waals surface area contributed by atoms with E-state index in [1.807, 2.05) is 36.4 Å². The molecule has 0 fully saturated rings. The van der Waals surface area contributed by atoms with Crippen LogP contribution >= 0.6 is 0 Å². The molecule has 0 amide bonds. The fourth-order valence-corrected chi connectivity index (χ4v) is 2.65. The highest BCUT2D eigenvalue weighted by atomic mass is 16.6. The Hall–Kier alpha value is -4.02. The van der Waals surface area contributed by atoms with Crippen LogP contribution in [0.4, 0.5) is 11.4 Å². The fraction of sp³-hybridized carbons (Fsp3) is 0.214. The van der Waals surface area contributed by atoms with Crippen molar-refractivity contribution in [3.63, 3.8) is 0 Å². The van der Waals surface area contributed by atoms with E-state index >= 15 is 0 Å². The van der Waals surface area contributed by atoms with E-state index < -0.39 is 4.92 Å². The van der Waals surface area contributed by atoms with Gasteiger partial charge in [0.25, 0.3) is 5.69 Å². The average molecular weight is 425 g/mol. The number of rotatable bonds is 7. The van der Waals surface area contributed by atoms with Gasteiger partial charge in [-0.05, 0) is 61.4 Å². The summed E-state index contributed by atoms with van der Waals surface area (Å²) in [7, 11) is 0. The highest BCUT2D eigenvalue weighted by molar-refractivity contribution is 5.58. The zero-order chi connectivity index (χ0) is 23.2. The summed E-state index contributed by atoms with van der Waals surface area (Å²) in [6.45, 7) is 4.25. The zero-order valence-corrected chi connectivity index (χ0v) is 18.6. The molecule has 0 saturated carbocycles. The molecule has 0 atom stereocenters. The van der Waals surface area contributed by atoms with Crippen LogP contribution in [-0.2, 0) is 0 Å². The minimum Gasteiger partial charge on any atom is -0.399 e. The summed E-state index contributed by atoms with van der Waals surface area (Å²) in [5.74, 6) is 12.8. The quantitative estimate of drug-likeness (QED) is 0.179. The summed E-state index contributed by atoms with van der Waals surface area (Å²) < 4.78 is 0. The molecule has 0 radical (unpaired) electrons. The molecule has 4 nitrogen and oxygen atoms in total. The molecule has 0 unspecified atom stereocenters. The van der Waals surface area contributed by atoms with Crippen molar-refractivity contribution in [1.82, 2.24) is 0 Å². The van der Waals surface area contributed by atoms with Crippen LogP contribution in [0.15, 0.2) is 84.0 Å². The van der Waals surface area contributed by atoms with Gasteiger partial charge >= 0.3 is 0 Å². The van der Waals surface area contributed by atoms with Crippen LogP contribution in [-0.4, -0.2) is 4.92 Å². The van der Waals surface area contributed by atoms with Crippen LogP contribution in [0.25, 0.3) is 0 Å². The van der Waals surface area contributed by atoms with E-state index in [-0.39, 0.29) is 5.69 Å². The highest BCUT2D eigenvalue weighted by Crippen LogP contribution is 2.13. The van der Waals surface area contributed by atoms with Crippen LogP contribution in [0.3, 0.4) is 0 Å². The SMILES string of the molecule is CCC/C=C/C(C#Cc1ccc(N)cc1)=C(C#Cc1ccc([N+](=O)[O-])cc1)/C=C/CCC. The Bertz CT molecular complexity index is 1110. The number of benzene rings is 2. The minimum atomic E-state index is -0.417. The Balaban J connectivity index is 2.50. The first-order valence-electron chi connectivity index (χ1n) is 10.7. The lowest BCUT2D eigenvalue weighted by Crippen LogP contribution is -1.87. The molecular weight excluding hydrogens is 396 g/mol. The van der Waals surface area contributed by atoms with Gasteiger partial charge in [0.1, 0.15) is 0 Å². The van der Waals surface area contributed by atoms with E-state index in [9.17, 15) is 10.1 Å². The van der Waals surface area contributed by atoms with Crippen LogP contribution < -0.4 is 5.73 Å². The van der Waals surface area contributed by atoms with Crippen molar-refractivity contribution in [3.8, 4) is 23.7 Å². The van der Waals surface area contributed by atoms with Crippen LogP contribution in [0, 0.1) is 33.8 Å². The molecule has 162 valence electrons. The smallest absolute Gasteiger partial charge is 0.269 e. The summed E-state index contributed by atoms with van der Waals surface area (Å²) in [6.07, 6.45) is 12.2. The molecule has 0 aliphatic carbocycles. The van der Waals surface area contributed by atoms with Gasteiger partial charge in [-0.25, -0.2) is 0 Å². The van der Waals surface area contributed by atoms with E-state index in [2.05, 4.69) is 49.7 Å². The number of nitro benzene ring substituents is 1. The van der Waals surface area contributed by atoms with Gasteiger partial charge in [-0.1, -0.05) is 62.5 Å². The summed E-state index contributed by atoms with van der Waals surface area (Å²) in [4.78, 5) is 10.5. The van der Waals surface area contributed by atoms with Gasteiger partial charge in [-0.15, -0.1) is 0 Å². The third kappa shape index (κ3) is 8.38. The monoisotopic (exact) mass is 424 g/mol. The van der Waals surface area contributed by atoms with Crippen molar-refractivity contribution in [2.24, 2.45) is 0 Å². The number of nitrogens with two attached hydrogens (primary N) is 1. The molecule has 32 heavy (non-hydrogen) atoms. The van der Waals surface area contributed by atoms with Crippen molar-refractivity contribution < 1.29 is 4.92 Å². The number of hydrogen-bond acceptors (Lipinski definition) is 3. The van der Waals surface area contributed by atoms with E-state index in [1.54, 1.807) is 12.1 Å². The normalized spacial score (nSPS) is 11.4. The topological polar surface area (TPSA) is 69.2 Å². The lowest BCUT2D eigenvalue weighted by atomic mass is 10.0. The van der Waals surface area contributed by atoms with Gasteiger partial charge in [0.2, 0.25) is 0 Å². The highest BCUT2D eigenvalue weighted by Gasteiger charge is 2.02. The number of allylic oxidation sites excluding steroid dienone is 6. The van der Waals surface area contributed by atoms with E-state index in [1.165, 1.54) is 12.1 Å². The predicted molar refractivity (Wildman–Crippen MR) is 133 cm³/mol.